The van der Waals surface area contributed by atoms with Gasteiger partial charge in [-0.2, -0.15) is 0 Å². The molecule has 2 aliphatic heterocycles. The van der Waals surface area contributed by atoms with E-state index in [-0.39, 0.29) is 6.10 Å². The zero-order chi connectivity index (χ0) is 13.8. The van der Waals surface area contributed by atoms with E-state index in [9.17, 15) is 0 Å². The van der Waals surface area contributed by atoms with Crippen molar-refractivity contribution in [1.82, 2.24) is 4.90 Å². The predicted molar refractivity (Wildman–Crippen MR) is 76.4 cm³/mol. The summed E-state index contributed by atoms with van der Waals surface area (Å²) in [5.74, 6) is 1.04. The highest BCUT2D eigenvalue weighted by Crippen LogP contribution is 2.32. The smallest absolute Gasteiger partial charge is 0.117 e. The normalized spacial score (nSPS) is 30.3. The van der Waals surface area contributed by atoms with Gasteiger partial charge in [-0.05, 0) is 31.4 Å². The fourth-order valence-corrected chi connectivity index (χ4v) is 3.29. The van der Waals surface area contributed by atoms with Crippen molar-refractivity contribution < 1.29 is 13.9 Å². The average Bonchev–Trinajstić information content (AvgIpc) is 3.10. The molecule has 4 heteroatoms. The highest BCUT2D eigenvalue weighted by molar-refractivity contribution is 5.01. The maximum Gasteiger partial charge on any atom is 0.117 e. The molecule has 2 aliphatic rings. The molecule has 0 radical (unpaired) electrons. The van der Waals surface area contributed by atoms with Crippen LogP contribution in [0, 0.1) is 0 Å². The third kappa shape index (κ3) is 3.14. The van der Waals surface area contributed by atoms with Gasteiger partial charge >= 0.3 is 0 Å². The summed E-state index contributed by atoms with van der Waals surface area (Å²) in [4.78, 5) is 2.49. The Kier molecular flexibility index (Phi) is 4.55. The number of rotatable bonds is 6. The lowest BCUT2D eigenvalue weighted by molar-refractivity contribution is -0.0974. The van der Waals surface area contributed by atoms with Crippen molar-refractivity contribution in [2.45, 2.75) is 44.1 Å². The Morgan fingerprint density at radius 2 is 2.35 bits per heavy atom. The minimum atomic E-state index is 0.250. The van der Waals surface area contributed by atoms with E-state index in [0.717, 1.165) is 31.7 Å². The number of nitrogens with zero attached hydrogens (tertiary/aromatic N) is 1. The molecule has 0 spiro atoms. The lowest BCUT2D eigenvalue weighted by atomic mass is 9.99. The molecule has 1 aromatic rings. The van der Waals surface area contributed by atoms with Crippen LogP contribution in [0.4, 0.5) is 0 Å². The fourth-order valence-electron chi connectivity index (χ4n) is 3.29. The lowest BCUT2D eigenvalue weighted by Crippen LogP contribution is -2.43. The Balaban J connectivity index is 1.50. The van der Waals surface area contributed by atoms with Gasteiger partial charge in [0.05, 0.1) is 38.2 Å². The van der Waals surface area contributed by atoms with Crippen LogP contribution in [0.5, 0.6) is 0 Å². The van der Waals surface area contributed by atoms with E-state index in [0.29, 0.717) is 25.4 Å². The number of likely N-dealkylation sites (tertiary alicyclic amines) is 1. The Labute approximate surface area is 120 Å². The summed E-state index contributed by atoms with van der Waals surface area (Å²) in [6.45, 7) is 6.95. The van der Waals surface area contributed by atoms with Crippen molar-refractivity contribution in [2.24, 2.45) is 0 Å². The molecule has 0 amide bonds. The lowest BCUT2D eigenvalue weighted by Gasteiger charge is -2.35. The number of hydrogen-bond donors (Lipinski definition) is 0. The maximum absolute atomic E-state index is 6.17. The number of hydrogen-bond acceptors (Lipinski definition) is 4. The first kappa shape index (κ1) is 13.9. The van der Waals surface area contributed by atoms with Gasteiger partial charge in [0.15, 0.2) is 0 Å². The molecule has 2 fully saturated rings. The van der Waals surface area contributed by atoms with Crippen LogP contribution >= 0.6 is 0 Å². The van der Waals surface area contributed by atoms with E-state index >= 15 is 0 Å². The zero-order valence-electron chi connectivity index (χ0n) is 11.9. The molecule has 0 N–H and O–H groups in total. The molecule has 3 atom stereocenters. The van der Waals surface area contributed by atoms with Crippen molar-refractivity contribution in [3.8, 4) is 0 Å². The molecular weight excluding hydrogens is 254 g/mol. The molecule has 0 aromatic carbocycles. The molecule has 20 heavy (non-hydrogen) atoms. The van der Waals surface area contributed by atoms with Gasteiger partial charge in [-0.3, -0.25) is 4.90 Å². The second-order valence-corrected chi connectivity index (χ2v) is 5.61. The average molecular weight is 277 g/mol. The van der Waals surface area contributed by atoms with E-state index in [1.54, 1.807) is 12.3 Å². The van der Waals surface area contributed by atoms with Crippen molar-refractivity contribution in [3.05, 3.63) is 36.8 Å². The molecule has 3 heterocycles. The van der Waals surface area contributed by atoms with Crippen molar-refractivity contribution in [1.29, 1.82) is 0 Å². The molecule has 110 valence electrons. The number of ether oxygens (including phenoxy) is 2. The van der Waals surface area contributed by atoms with Crippen molar-refractivity contribution in [2.75, 3.05) is 19.8 Å². The van der Waals surface area contributed by atoms with Gasteiger partial charge in [-0.1, -0.05) is 6.08 Å². The topological polar surface area (TPSA) is 34.8 Å². The van der Waals surface area contributed by atoms with Gasteiger partial charge in [0, 0.05) is 12.6 Å². The first-order valence-corrected chi connectivity index (χ1v) is 7.47. The maximum atomic E-state index is 6.17. The summed E-state index contributed by atoms with van der Waals surface area (Å²) < 4.78 is 17.1. The van der Waals surface area contributed by atoms with Crippen LogP contribution in [0.15, 0.2) is 35.5 Å². The Bertz CT molecular complexity index is 417. The highest BCUT2D eigenvalue weighted by Gasteiger charge is 2.39. The standard InChI is InChI=1S/C16H23NO3/c1-2-9-18-12-14-5-6-15-16(20-14)7-8-17(15)11-13-4-3-10-19-13/h2-4,10,14-16H,1,5-9,11-12H2/t14-,15-,16-/m0/s1. The van der Waals surface area contributed by atoms with Gasteiger partial charge in [-0.15, -0.1) is 6.58 Å². The molecule has 4 nitrogen and oxygen atoms in total. The van der Waals surface area contributed by atoms with Crippen LogP contribution in [0.25, 0.3) is 0 Å². The molecule has 3 rings (SSSR count). The summed E-state index contributed by atoms with van der Waals surface area (Å²) in [5, 5.41) is 0. The molecule has 0 saturated carbocycles. The predicted octanol–water partition coefficient (Wildman–Crippen LogP) is 2.60. The van der Waals surface area contributed by atoms with Gasteiger partial charge in [0.1, 0.15) is 5.76 Å². The van der Waals surface area contributed by atoms with Gasteiger partial charge in [0.2, 0.25) is 0 Å². The number of furan rings is 1. The zero-order valence-corrected chi connectivity index (χ0v) is 11.9. The minimum absolute atomic E-state index is 0.250. The Hall–Kier alpha value is -1.10. The third-order valence-corrected chi connectivity index (χ3v) is 4.23. The fraction of sp³-hybridized carbons (Fsp3) is 0.625. The van der Waals surface area contributed by atoms with Crippen LogP contribution in [-0.2, 0) is 16.0 Å². The molecule has 0 unspecified atom stereocenters. The summed E-state index contributed by atoms with van der Waals surface area (Å²) in [6.07, 6.45) is 7.51. The summed E-state index contributed by atoms with van der Waals surface area (Å²) in [7, 11) is 0. The minimum Gasteiger partial charge on any atom is -0.468 e. The van der Waals surface area contributed by atoms with Crippen molar-refractivity contribution in [3.63, 3.8) is 0 Å². The Morgan fingerprint density at radius 1 is 1.40 bits per heavy atom. The second-order valence-electron chi connectivity index (χ2n) is 5.61. The molecule has 1 aromatic heterocycles. The van der Waals surface area contributed by atoms with Gasteiger partial charge in [-0.25, -0.2) is 0 Å². The molecule has 0 bridgehead atoms. The SMILES string of the molecule is C=CCOC[C@@H]1CC[C@H]2[C@H](CCN2Cc2ccco2)O1. The summed E-state index contributed by atoms with van der Waals surface area (Å²) in [5.41, 5.74) is 0. The van der Waals surface area contributed by atoms with Crippen LogP contribution < -0.4 is 0 Å². The van der Waals surface area contributed by atoms with Gasteiger partial charge in [0.25, 0.3) is 0 Å². The van der Waals surface area contributed by atoms with E-state index in [2.05, 4.69) is 11.5 Å². The van der Waals surface area contributed by atoms with E-state index < -0.39 is 0 Å². The molecule has 2 saturated heterocycles. The van der Waals surface area contributed by atoms with Crippen LogP contribution in [0.2, 0.25) is 0 Å². The van der Waals surface area contributed by atoms with Crippen LogP contribution in [-0.4, -0.2) is 42.9 Å². The Morgan fingerprint density at radius 3 is 3.15 bits per heavy atom. The molecule has 0 aliphatic carbocycles. The summed E-state index contributed by atoms with van der Waals surface area (Å²) in [6, 6.07) is 4.53. The number of fused-ring (bicyclic) bond motifs is 1. The van der Waals surface area contributed by atoms with Gasteiger partial charge < -0.3 is 13.9 Å². The molecular formula is C16H23NO3. The first-order chi connectivity index (χ1) is 9.86. The quantitative estimate of drug-likeness (QED) is 0.591. The van der Waals surface area contributed by atoms with Crippen LogP contribution in [0.1, 0.15) is 25.0 Å². The van der Waals surface area contributed by atoms with E-state index in [1.165, 1.54) is 6.42 Å². The second kappa shape index (κ2) is 6.57. The largest absolute Gasteiger partial charge is 0.468 e. The highest BCUT2D eigenvalue weighted by atomic mass is 16.5. The first-order valence-electron chi connectivity index (χ1n) is 7.47. The monoisotopic (exact) mass is 277 g/mol. The summed E-state index contributed by atoms with van der Waals surface area (Å²) >= 11 is 0. The third-order valence-electron chi connectivity index (χ3n) is 4.23. The van der Waals surface area contributed by atoms with Crippen LogP contribution in [0.3, 0.4) is 0 Å². The van der Waals surface area contributed by atoms with E-state index in [1.807, 2.05) is 12.1 Å². The van der Waals surface area contributed by atoms with Crippen molar-refractivity contribution >= 4 is 0 Å². The van der Waals surface area contributed by atoms with E-state index in [4.69, 9.17) is 13.9 Å².